The van der Waals surface area contributed by atoms with Crippen molar-refractivity contribution in [2.75, 3.05) is 12.5 Å². The predicted octanol–water partition coefficient (Wildman–Crippen LogP) is 2.30. The van der Waals surface area contributed by atoms with E-state index in [0.717, 1.165) is 5.69 Å². The van der Waals surface area contributed by atoms with E-state index in [2.05, 4.69) is 15.4 Å². The molecule has 1 aliphatic carbocycles. The van der Waals surface area contributed by atoms with Crippen molar-refractivity contribution >= 4 is 5.82 Å². The number of nitrogens with zero attached hydrogens (tertiary/aromatic N) is 2. The Bertz CT molecular complexity index is 413. The molecule has 0 unspecified atom stereocenters. The van der Waals surface area contributed by atoms with E-state index in [-0.39, 0.29) is 0 Å². The zero-order valence-corrected chi connectivity index (χ0v) is 11.4. The lowest BCUT2D eigenvalue weighted by atomic mass is 10.0. The molecule has 0 atom stereocenters. The van der Waals surface area contributed by atoms with Crippen molar-refractivity contribution in [3.63, 3.8) is 0 Å². The van der Waals surface area contributed by atoms with Gasteiger partial charge in [-0.2, -0.15) is 0 Å². The van der Waals surface area contributed by atoms with Crippen LogP contribution in [0, 0.1) is 0 Å². The fourth-order valence-electron chi connectivity index (χ4n) is 2.33. The van der Waals surface area contributed by atoms with Gasteiger partial charge in [-0.05, 0) is 26.7 Å². The van der Waals surface area contributed by atoms with Crippen molar-refractivity contribution in [1.29, 1.82) is 0 Å². The van der Waals surface area contributed by atoms with E-state index in [1.165, 1.54) is 25.7 Å². The molecular formula is C13H22N4O. The molecule has 18 heavy (non-hydrogen) atoms. The molecule has 1 aromatic rings. The first-order chi connectivity index (χ1) is 8.56. The van der Waals surface area contributed by atoms with E-state index in [1.54, 1.807) is 7.11 Å². The van der Waals surface area contributed by atoms with E-state index in [1.807, 2.05) is 19.9 Å². The first-order valence-electron chi connectivity index (χ1n) is 6.48. The van der Waals surface area contributed by atoms with Crippen LogP contribution in [0.4, 0.5) is 5.82 Å². The molecule has 0 saturated heterocycles. The smallest absolute Gasteiger partial charge is 0.162 e. The molecule has 1 aromatic heterocycles. The van der Waals surface area contributed by atoms with Crippen molar-refractivity contribution in [2.24, 2.45) is 5.84 Å². The average molecular weight is 250 g/mol. The van der Waals surface area contributed by atoms with Crippen LogP contribution in [0.25, 0.3) is 0 Å². The Kier molecular flexibility index (Phi) is 3.82. The average Bonchev–Trinajstić information content (AvgIpc) is 2.92. The first kappa shape index (κ1) is 13.2. The Hall–Kier alpha value is -1.20. The lowest BCUT2D eigenvalue weighted by molar-refractivity contribution is 0.0113. The highest BCUT2D eigenvalue weighted by molar-refractivity contribution is 5.36. The van der Waals surface area contributed by atoms with Gasteiger partial charge in [0.25, 0.3) is 0 Å². The Morgan fingerprint density at radius 3 is 2.56 bits per heavy atom. The minimum absolute atomic E-state index is 0.500. The molecule has 0 bridgehead atoms. The summed E-state index contributed by atoms with van der Waals surface area (Å²) in [4.78, 5) is 9.07. The van der Waals surface area contributed by atoms with Crippen LogP contribution >= 0.6 is 0 Å². The molecule has 1 aliphatic rings. The Balaban J connectivity index is 2.38. The van der Waals surface area contributed by atoms with Crippen LogP contribution in [0.2, 0.25) is 0 Å². The molecule has 100 valence electrons. The zero-order chi connectivity index (χ0) is 13.2. The number of nitrogen functional groups attached to an aromatic ring is 1. The number of hydrogen-bond donors (Lipinski definition) is 2. The van der Waals surface area contributed by atoms with Crippen LogP contribution in [0.1, 0.15) is 57.0 Å². The number of nitrogens with one attached hydrogen (secondary N) is 1. The van der Waals surface area contributed by atoms with Crippen LogP contribution in [0.15, 0.2) is 6.07 Å². The number of aromatic nitrogens is 2. The molecule has 1 heterocycles. The Labute approximate surface area is 108 Å². The summed E-state index contributed by atoms with van der Waals surface area (Å²) in [5, 5.41) is 0. The molecule has 5 heteroatoms. The molecule has 0 spiro atoms. The summed E-state index contributed by atoms with van der Waals surface area (Å²) < 4.78 is 5.45. The third-order valence-electron chi connectivity index (χ3n) is 3.72. The molecule has 0 aromatic carbocycles. The topological polar surface area (TPSA) is 73.1 Å². The standard InChI is InChI=1S/C13H22N4O/c1-13(2,18-3)12-15-10(8-11(16-12)17-14)9-6-4-5-7-9/h8-9H,4-7,14H2,1-3H3,(H,15,16,17). The van der Waals surface area contributed by atoms with Crippen LogP contribution in [0.5, 0.6) is 0 Å². The maximum absolute atomic E-state index is 5.49. The first-order valence-corrected chi connectivity index (χ1v) is 6.48. The van der Waals surface area contributed by atoms with Crippen LogP contribution < -0.4 is 11.3 Å². The van der Waals surface area contributed by atoms with E-state index in [4.69, 9.17) is 10.6 Å². The Morgan fingerprint density at radius 2 is 2.00 bits per heavy atom. The fraction of sp³-hybridized carbons (Fsp3) is 0.692. The maximum Gasteiger partial charge on any atom is 0.162 e. The number of rotatable bonds is 4. The van der Waals surface area contributed by atoms with Gasteiger partial charge in [0.2, 0.25) is 0 Å². The van der Waals surface area contributed by atoms with Gasteiger partial charge in [-0.15, -0.1) is 0 Å². The third kappa shape index (κ3) is 2.62. The van der Waals surface area contributed by atoms with E-state index in [0.29, 0.717) is 17.6 Å². The normalized spacial score (nSPS) is 17.1. The van der Waals surface area contributed by atoms with Gasteiger partial charge in [0.05, 0.1) is 0 Å². The number of hydrazine groups is 1. The molecule has 2 rings (SSSR count). The van der Waals surface area contributed by atoms with Gasteiger partial charge in [-0.1, -0.05) is 12.8 Å². The Morgan fingerprint density at radius 1 is 1.33 bits per heavy atom. The highest BCUT2D eigenvalue weighted by Crippen LogP contribution is 2.34. The van der Waals surface area contributed by atoms with Gasteiger partial charge >= 0.3 is 0 Å². The minimum atomic E-state index is -0.500. The lowest BCUT2D eigenvalue weighted by Crippen LogP contribution is -2.25. The number of anilines is 1. The fourth-order valence-corrected chi connectivity index (χ4v) is 2.33. The number of methoxy groups -OCH3 is 1. The van der Waals surface area contributed by atoms with Crippen molar-refractivity contribution in [3.05, 3.63) is 17.6 Å². The SMILES string of the molecule is COC(C)(C)c1nc(NN)cc(C2CCCC2)n1. The van der Waals surface area contributed by atoms with Crippen LogP contribution in [0.3, 0.4) is 0 Å². The molecular weight excluding hydrogens is 228 g/mol. The molecule has 0 amide bonds. The summed E-state index contributed by atoms with van der Waals surface area (Å²) in [7, 11) is 1.67. The molecule has 0 aliphatic heterocycles. The molecule has 3 N–H and O–H groups in total. The summed E-state index contributed by atoms with van der Waals surface area (Å²) in [5.41, 5.74) is 3.20. The second kappa shape index (κ2) is 5.20. The van der Waals surface area contributed by atoms with Crippen molar-refractivity contribution in [3.8, 4) is 0 Å². The van der Waals surface area contributed by atoms with Crippen molar-refractivity contribution in [1.82, 2.24) is 9.97 Å². The van der Waals surface area contributed by atoms with Crippen molar-refractivity contribution < 1.29 is 4.74 Å². The maximum atomic E-state index is 5.49. The minimum Gasteiger partial charge on any atom is -0.371 e. The van der Waals surface area contributed by atoms with Gasteiger partial charge in [0.1, 0.15) is 11.4 Å². The predicted molar refractivity (Wildman–Crippen MR) is 71.1 cm³/mol. The summed E-state index contributed by atoms with van der Waals surface area (Å²) in [6.07, 6.45) is 4.97. The van der Waals surface area contributed by atoms with Gasteiger partial charge < -0.3 is 10.2 Å². The second-order valence-electron chi connectivity index (χ2n) is 5.34. The summed E-state index contributed by atoms with van der Waals surface area (Å²) >= 11 is 0. The second-order valence-corrected chi connectivity index (χ2v) is 5.34. The molecule has 5 nitrogen and oxygen atoms in total. The molecule has 0 radical (unpaired) electrons. The van der Waals surface area contributed by atoms with Gasteiger partial charge in [0.15, 0.2) is 5.82 Å². The number of nitrogens with two attached hydrogens (primary N) is 1. The van der Waals surface area contributed by atoms with E-state index in [9.17, 15) is 0 Å². The monoisotopic (exact) mass is 250 g/mol. The highest BCUT2D eigenvalue weighted by Gasteiger charge is 2.27. The summed E-state index contributed by atoms with van der Waals surface area (Å²) in [6.45, 7) is 3.92. The van der Waals surface area contributed by atoms with Crippen LogP contribution in [-0.4, -0.2) is 17.1 Å². The van der Waals surface area contributed by atoms with E-state index < -0.39 is 5.60 Å². The quantitative estimate of drug-likeness (QED) is 0.633. The molecule has 1 fully saturated rings. The van der Waals surface area contributed by atoms with Gasteiger partial charge in [-0.25, -0.2) is 15.8 Å². The largest absolute Gasteiger partial charge is 0.371 e. The number of hydrogen-bond acceptors (Lipinski definition) is 5. The zero-order valence-electron chi connectivity index (χ0n) is 11.4. The lowest BCUT2D eigenvalue weighted by Gasteiger charge is -2.23. The summed E-state index contributed by atoms with van der Waals surface area (Å²) in [6, 6.07) is 1.95. The van der Waals surface area contributed by atoms with Gasteiger partial charge in [-0.3, -0.25) is 0 Å². The number of ether oxygens (including phenoxy) is 1. The van der Waals surface area contributed by atoms with Crippen molar-refractivity contribution in [2.45, 2.75) is 51.0 Å². The van der Waals surface area contributed by atoms with Crippen LogP contribution in [-0.2, 0) is 10.3 Å². The molecule has 1 saturated carbocycles. The van der Waals surface area contributed by atoms with E-state index >= 15 is 0 Å². The highest BCUT2D eigenvalue weighted by atomic mass is 16.5. The summed E-state index contributed by atoms with van der Waals surface area (Å²) in [5.74, 6) is 7.37. The third-order valence-corrected chi connectivity index (χ3v) is 3.72. The van der Waals surface area contributed by atoms with Gasteiger partial charge in [0, 0.05) is 24.8 Å².